The van der Waals surface area contributed by atoms with Gasteiger partial charge in [0, 0.05) is 12.6 Å². The van der Waals surface area contributed by atoms with Crippen molar-refractivity contribution in [3.63, 3.8) is 0 Å². The largest absolute Gasteiger partial charge is 0.445 e. The van der Waals surface area contributed by atoms with Gasteiger partial charge in [-0.1, -0.05) is 60.7 Å². The second-order valence-electron chi connectivity index (χ2n) is 5.90. The van der Waals surface area contributed by atoms with Crippen molar-refractivity contribution in [1.82, 2.24) is 4.90 Å². The minimum atomic E-state index is -0.294. The number of carbonyl (C=O) groups excluding carboxylic acids is 1. The van der Waals surface area contributed by atoms with E-state index in [0.717, 1.165) is 24.0 Å². The van der Waals surface area contributed by atoms with Crippen molar-refractivity contribution >= 4 is 6.09 Å². The molecule has 0 aliphatic carbocycles. The lowest BCUT2D eigenvalue weighted by Crippen LogP contribution is -2.48. The van der Waals surface area contributed by atoms with Crippen LogP contribution in [0.5, 0.6) is 0 Å². The van der Waals surface area contributed by atoms with Gasteiger partial charge in [-0.15, -0.1) is 0 Å². The second-order valence-corrected chi connectivity index (χ2v) is 5.90. The minimum absolute atomic E-state index is 0.0598. The van der Waals surface area contributed by atoms with E-state index in [4.69, 9.17) is 10.5 Å². The lowest BCUT2D eigenvalue weighted by molar-refractivity contribution is 0.0617. The molecule has 1 aliphatic heterocycles. The summed E-state index contributed by atoms with van der Waals surface area (Å²) in [6.07, 6.45) is 1.53. The van der Waals surface area contributed by atoms with Crippen molar-refractivity contribution in [2.75, 3.05) is 6.54 Å². The molecule has 0 aromatic heterocycles. The molecule has 0 saturated carbocycles. The molecule has 2 aromatic carbocycles. The minimum Gasteiger partial charge on any atom is -0.445 e. The van der Waals surface area contributed by atoms with Crippen LogP contribution >= 0.6 is 0 Å². The molecule has 1 heterocycles. The van der Waals surface area contributed by atoms with Crippen molar-refractivity contribution in [3.05, 3.63) is 71.8 Å². The summed E-state index contributed by atoms with van der Waals surface area (Å²) < 4.78 is 5.50. The van der Waals surface area contributed by atoms with E-state index in [9.17, 15) is 4.79 Å². The molecule has 1 amide bonds. The second kappa shape index (κ2) is 7.29. The van der Waals surface area contributed by atoms with Crippen LogP contribution < -0.4 is 5.73 Å². The van der Waals surface area contributed by atoms with Gasteiger partial charge >= 0.3 is 6.09 Å². The highest BCUT2D eigenvalue weighted by Crippen LogP contribution is 2.30. The predicted molar refractivity (Wildman–Crippen MR) is 89.7 cm³/mol. The average molecular weight is 310 g/mol. The van der Waals surface area contributed by atoms with Crippen LogP contribution in [0.4, 0.5) is 4.79 Å². The number of carbonyl (C=O) groups is 1. The molecule has 23 heavy (non-hydrogen) atoms. The fourth-order valence-corrected chi connectivity index (χ4v) is 3.11. The number of nitrogens with two attached hydrogens (primary N) is 1. The predicted octanol–water partition coefficient (Wildman–Crippen LogP) is 3.49. The lowest BCUT2D eigenvalue weighted by atomic mass is 9.91. The van der Waals surface area contributed by atoms with Gasteiger partial charge in [-0.2, -0.15) is 0 Å². The Morgan fingerprint density at radius 2 is 1.74 bits per heavy atom. The van der Waals surface area contributed by atoms with E-state index >= 15 is 0 Å². The van der Waals surface area contributed by atoms with Crippen LogP contribution in [0.25, 0.3) is 0 Å². The third-order valence-corrected chi connectivity index (χ3v) is 4.26. The number of hydrogen-bond donors (Lipinski definition) is 1. The summed E-state index contributed by atoms with van der Waals surface area (Å²) in [6, 6.07) is 19.5. The van der Waals surface area contributed by atoms with E-state index in [1.54, 1.807) is 4.90 Å². The molecule has 0 spiro atoms. The number of rotatable bonds is 3. The fraction of sp³-hybridized carbons (Fsp3) is 0.316. The normalized spacial score (nSPS) is 21.0. The Kier molecular flexibility index (Phi) is 4.93. The summed E-state index contributed by atoms with van der Waals surface area (Å²) in [7, 11) is 0. The number of nitrogens with zero attached hydrogens (tertiary/aromatic N) is 1. The summed E-state index contributed by atoms with van der Waals surface area (Å²) in [5.74, 6) is 0. The van der Waals surface area contributed by atoms with E-state index in [1.807, 2.05) is 60.7 Å². The summed E-state index contributed by atoms with van der Waals surface area (Å²) >= 11 is 0. The standard InChI is InChI=1S/C19H22N2O2/c20-17-12-7-13-21(18(17)16-10-5-2-6-11-16)19(22)23-14-15-8-3-1-4-9-15/h1-6,8-11,17-18H,7,12-14,20H2/t17-,18-/m0/s1. The summed E-state index contributed by atoms with van der Waals surface area (Å²) in [5.41, 5.74) is 8.35. The molecule has 4 nitrogen and oxygen atoms in total. The Hall–Kier alpha value is -2.33. The van der Waals surface area contributed by atoms with Crippen LogP contribution in [0.1, 0.15) is 30.0 Å². The van der Waals surface area contributed by atoms with Crippen LogP contribution in [0.15, 0.2) is 60.7 Å². The monoisotopic (exact) mass is 310 g/mol. The van der Waals surface area contributed by atoms with Gasteiger partial charge in [0.2, 0.25) is 0 Å². The zero-order chi connectivity index (χ0) is 16.1. The van der Waals surface area contributed by atoms with Crippen LogP contribution in [0.3, 0.4) is 0 Å². The molecule has 1 saturated heterocycles. The molecule has 0 bridgehead atoms. The molecule has 0 radical (unpaired) electrons. The zero-order valence-electron chi connectivity index (χ0n) is 13.1. The molecule has 120 valence electrons. The average Bonchev–Trinajstić information content (AvgIpc) is 2.61. The van der Waals surface area contributed by atoms with Crippen LogP contribution in [0.2, 0.25) is 0 Å². The van der Waals surface area contributed by atoms with Crippen LogP contribution in [-0.2, 0) is 11.3 Å². The first-order chi connectivity index (χ1) is 11.3. The lowest BCUT2D eigenvalue weighted by Gasteiger charge is -2.39. The number of benzene rings is 2. The van der Waals surface area contributed by atoms with Crippen LogP contribution in [0, 0.1) is 0 Å². The maximum absolute atomic E-state index is 12.5. The summed E-state index contributed by atoms with van der Waals surface area (Å²) in [5, 5.41) is 0. The van der Waals surface area contributed by atoms with Gasteiger partial charge in [-0.3, -0.25) is 4.90 Å². The fourth-order valence-electron chi connectivity index (χ4n) is 3.11. The Balaban J connectivity index is 1.72. The molecule has 0 unspecified atom stereocenters. The number of likely N-dealkylation sites (tertiary alicyclic amines) is 1. The van der Waals surface area contributed by atoms with E-state index in [-0.39, 0.29) is 24.8 Å². The Bertz CT molecular complexity index is 630. The third kappa shape index (κ3) is 3.71. The molecular weight excluding hydrogens is 288 g/mol. The van der Waals surface area contributed by atoms with Crippen molar-refractivity contribution in [2.24, 2.45) is 5.73 Å². The first-order valence-corrected chi connectivity index (χ1v) is 8.03. The van der Waals surface area contributed by atoms with Gasteiger partial charge in [0.15, 0.2) is 0 Å². The Morgan fingerprint density at radius 3 is 2.43 bits per heavy atom. The molecule has 2 atom stereocenters. The van der Waals surface area contributed by atoms with E-state index in [1.165, 1.54) is 0 Å². The molecule has 2 N–H and O–H groups in total. The SMILES string of the molecule is N[C@H]1CCCN(C(=O)OCc2ccccc2)[C@H]1c1ccccc1. The van der Waals surface area contributed by atoms with Gasteiger partial charge in [-0.25, -0.2) is 4.79 Å². The maximum atomic E-state index is 12.5. The smallest absolute Gasteiger partial charge is 0.410 e. The van der Waals surface area contributed by atoms with E-state index in [2.05, 4.69) is 0 Å². The Labute approximate surface area is 136 Å². The summed E-state index contributed by atoms with van der Waals surface area (Å²) in [4.78, 5) is 14.3. The molecule has 4 heteroatoms. The first-order valence-electron chi connectivity index (χ1n) is 8.03. The number of piperidine rings is 1. The molecular formula is C19H22N2O2. The number of hydrogen-bond acceptors (Lipinski definition) is 3. The summed E-state index contributed by atoms with van der Waals surface area (Å²) in [6.45, 7) is 0.966. The van der Waals surface area contributed by atoms with Gasteiger partial charge in [0.05, 0.1) is 6.04 Å². The van der Waals surface area contributed by atoms with Crippen molar-refractivity contribution in [1.29, 1.82) is 0 Å². The van der Waals surface area contributed by atoms with Gasteiger partial charge in [0.25, 0.3) is 0 Å². The van der Waals surface area contributed by atoms with Crippen LogP contribution in [-0.4, -0.2) is 23.6 Å². The van der Waals surface area contributed by atoms with Gasteiger partial charge in [0.1, 0.15) is 6.61 Å². The molecule has 1 aliphatic rings. The van der Waals surface area contributed by atoms with E-state index in [0.29, 0.717) is 6.54 Å². The topological polar surface area (TPSA) is 55.6 Å². The van der Waals surface area contributed by atoms with Gasteiger partial charge in [-0.05, 0) is 24.0 Å². The zero-order valence-corrected chi connectivity index (χ0v) is 13.1. The quantitative estimate of drug-likeness (QED) is 0.944. The highest BCUT2D eigenvalue weighted by Gasteiger charge is 2.34. The van der Waals surface area contributed by atoms with Crippen molar-refractivity contribution in [2.45, 2.75) is 31.5 Å². The maximum Gasteiger partial charge on any atom is 0.410 e. The molecule has 3 rings (SSSR count). The highest BCUT2D eigenvalue weighted by molar-refractivity contribution is 5.68. The number of amides is 1. The van der Waals surface area contributed by atoms with Crippen molar-refractivity contribution < 1.29 is 9.53 Å². The Morgan fingerprint density at radius 1 is 1.09 bits per heavy atom. The van der Waals surface area contributed by atoms with Crippen molar-refractivity contribution in [3.8, 4) is 0 Å². The highest BCUT2D eigenvalue weighted by atomic mass is 16.6. The third-order valence-electron chi connectivity index (χ3n) is 4.26. The molecule has 2 aromatic rings. The first kappa shape index (κ1) is 15.6. The molecule has 1 fully saturated rings. The van der Waals surface area contributed by atoms with E-state index < -0.39 is 0 Å². The van der Waals surface area contributed by atoms with Gasteiger partial charge < -0.3 is 10.5 Å². The number of ether oxygens (including phenoxy) is 1.